The van der Waals surface area contributed by atoms with Gasteiger partial charge in [0.2, 0.25) is 11.8 Å². The van der Waals surface area contributed by atoms with Crippen LogP contribution in [0, 0.1) is 11.7 Å². The molecule has 0 saturated carbocycles. The Morgan fingerprint density at radius 1 is 1.32 bits per heavy atom. The number of pyridine rings is 1. The van der Waals surface area contributed by atoms with E-state index < -0.39 is 17.8 Å². The van der Waals surface area contributed by atoms with E-state index in [-0.39, 0.29) is 18.2 Å². The summed E-state index contributed by atoms with van der Waals surface area (Å²) in [5.74, 6) is -1.16. The maximum Gasteiger partial charge on any atom is 0.225 e. The summed E-state index contributed by atoms with van der Waals surface area (Å²) >= 11 is 0. The summed E-state index contributed by atoms with van der Waals surface area (Å²) in [5.41, 5.74) is 1.26. The summed E-state index contributed by atoms with van der Waals surface area (Å²) in [6, 6.07) is 9.38. The van der Waals surface area contributed by atoms with Crippen molar-refractivity contribution in [3.05, 3.63) is 65.7 Å². The van der Waals surface area contributed by atoms with Gasteiger partial charge in [-0.05, 0) is 24.1 Å². The van der Waals surface area contributed by atoms with E-state index in [2.05, 4.69) is 10.3 Å². The third-order valence-corrected chi connectivity index (χ3v) is 4.61. The van der Waals surface area contributed by atoms with Crippen LogP contribution < -0.4 is 5.32 Å². The van der Waals surface area contributed by atoms with E-state index in [4.69, 9.17) is 0 Å². The Morgan fingerprint density at radius 2 is 2.12 bits per heavy atom. The van der Waals surface area contributed by atoms with Crippen LogP contribution in [0.25, 0.3) is 0 Å². The Kier molecular flexibility index (Phi) is 5.07. The fourth-order valence-corrected chi connectivity index (χ4v) is 3.28. The third-order valence-electron chi connectivity index (χ3n) is 4.61. The van der Waals surface area contributed by atoms with Gasteiger partial charge in [0.05, 0.1) is 12.0 Å². The van der Waals surface area contributed by atoms with E-state index in [1.165, 1.54) is 11.0 Å². The molecule has 0 radical (unpaired) electrons. The molecule has 3 rings (SSSR count). The molecular formula is C19H20FN3O2. The predicted molar refractivity (Wildman–Crippen MR) is 90.7 cm³/mol. The lowest BCUT2D eigenvalue weighted by molar-refractivity contribution is -0.141. The first-order chi connectivity index (χ1) is 12.1. The zero-order chi connectivity index (χ0) is 17.8. The van der Waals surface area contributed by atoms with Crippen molar-refractivity contribution in [1.29, 1.82) is 0 Å². The number of hydrogen-bond acceptors (Lipinski definition) is 3. The highest BCUT2D eigenvalue weighted by Gasteiger charge is 2.39. The maximum absolute atomic E-state index is 14.3. The van der Waals surface area contributed by atoms with Crippen LogP contribution in [-0.4, -0.2) is 28.7 Å². The topological polar surface area (TPSA) is 62.3 Å². The molecule has 0 spiro atoms. The van der Waals surface area contributed by atoms with Crippen LogP contribution in [0.5, 0.6) is 0 Å². The summed E-state index contributed by atoms with van der Waals surface area (Å²) in [7, 11) is 1.62. The van der Waals surface area contributed by atoms with Crippen molar-refractivity contribution in [2.75, 3.05) is 7.05 Å². The second kappa shape index (κ2) is 7.42. The highest BCUT2D eigenvalue weighted by atomic mass is 19.1. The van der Waals surface area contributed by atoms with Crippen LogP contribution in [0.2, 0.25) is 0 Å². The fourth-order valence-electron chi connectivity index (χ4n) is 3.28. The summed E-state index contributed by atoms with van der Waals surface area (Å²) in [5, 5.41) is 2.88. The predicted octanol–water partition coefficient (Wildman–Crippen LogP) is 2.45. The molecule has 1 aromatic carbocycles. The van der Waals surface area contributed by atoms with Gasteiger partial charge in [-0.25, -0.2) is 4.39 Å². The second-order valence-corrected chi connectivity index (χ2v) is 6.20. The Morgan fingerprint density at radius 3 is 2.84 bits per heavy atom. The SMILES string of the molecule is CN1C(=O)CC[C@H](C(=O)NCc2cccnc2)[C@@H]1c1ccccc1F. The summed E-state index contributed by atoms with van der Waals surface area (Å²) in [6.45, 7) is 0.352. The minimum Gasteiger partial charge on any atom is -0.352 e. The van der Waals surface area contributed by atoms with Gasteiger partial charge in [-0.3, -0.25) is 14.6 Å². The lowest BCUT2D eigenvalue weighted by atomic mass is 9.83. The first-order valence-electron chi connectivity index (χ1n) is 8.24. The number of likely N-dealkylation sites (tertiary alicyclic amines) is 1. The number of hydrogen-bond donors (Lipinski definition) is 1. The number of carbonyl (C=O) groups excluding carboxylic acids is 2. The Hall–Kier alpha value is -2.76. The Balaban J connectivity index is 1.81. The minimum atomic E-state index is -0.601. The zero-order valence-electron chi connectivity index (χ0n) is 14.0. The van der Waals surface area contributed by atoms with Crippen LogP contribution in [0.15, 0.2) is 48.8 Å². The highest BCUT2D eigenvalue weighted by Crippen LogP contribution is 2.36. The van der Waals surface area contributed by atoms with Crippen molar-refractivity contribution in [1.82, 2.24) is 15.2 Å². The average molecular weight is 341 g/mol. The van der Waals surface area contributed by atoms with Crippen molar-refractivity contribution in [3.63, 3.8) is 0 Å². The van der Waals surface area contributed by atoms with Gasteiger partial charge in [-0.2, -0.15) is 0 Å². The molecule has 5 nitrogen and oxygen atoms in total. The van der Waals surface area contributed by atoms with E-state index in [9.17, 15) is 14.0 Å². The summed E-state index contributed by atoms with van der Waals surface area (Å²) in [4.78, 5) is 30.3. The van der Waals surface area contributed by atoms with Crippen molar-refractivity contribution in [2.24, 2.45) is 5.92 Å². The molecule has 0 bridgehead atoms. The molecule has 1 fully saturated rings. The summed E-state index contributed by atoms with van der Waals surface area (Å²) in [6.07, 6.45) is 4.04. The molecule has 1 aliphatic heterocycles. The van der Waals surface area contributed by atoms with Crippen LogP contribution >= 0.6 is 0 Å². The normalized spacial score (nSPS) is 20.4. The van der Waals surface area contributed by atoms with Gasteiger partial charge in [0.1, 0.15) is 5.82 Å². The van der Waals surface area contributed by atoms with E-state index in [0.717, 1.165) is 5.56 Å². The fraction of sp³-hybridized carbons (Fsp3) is 0.316. The van der Waals surface area contributed by atoms with Crippen LogP contribution in [0.3, 0.4) is 0 Å². The molecule has 25 heavy (non-hydrogen) atoms. The molecule has 1 aromatic heterocycles. The first kappa shape index (κ1) is 17.1. The van der Waals surface area contributed by atoms with Crippen LogP contribution in [0.1, 0.15) is 30.0 Å². The van der Waals surface area contributed by atoms with E-state index in [1.54, 1.807) is 43.7 Å². The minimum absolute atomic E-state index is 0.0791. The number of piperidine rings is 1. The number of aromatic nitrogens is 1. The largest absolute Gasteiger partial charge is 0.352 e. The lowest BCUT2D eigenvalue weighted by Gasteiger charge is -2.38. The zero-order valence-corrected chi connectivity index (χ0v) is 14.0. The molecule has 2 atom stereocenters. The first-order valence-corrected chi connectivity index (χ1v) is 8.24. The highest BCUT2D eigenvalue weighted by molar-refractivity contribution is 5.84. The molecule has 1 saturated heterocycles. The second-order valence-electron chi connectivity index (χ2n) is 6.20. The van der Waals surface area contributed by atoms with Gasteiger partial charge in [-0.1, -0.05) is 24.3 Å². The van der Waals surface area contributed by atoms with Crippen molar-refractivity contribution in [2.45, 2.75) is 25.4 Å². The molecular weight excluding hydrogens is 321 g/mol. The number of benzene rings is 1. The van der Waals surface area contributed by atoms with Gasteiger partial charge in [0, 0.05) is 38.0 Å². The maximum atomic E-state index is 14.3. The van der Waals surface area contributed by atoms with Crippen molar-refractivity contribution in [3.8, 4) is 0 Å². The molecule has 1 aliphatic rings. The third kappa shape index (κ3) is 3.68. The van der Waals surface area contributed by atoms with Crippen LogP contribution in [0.4, 0.5) is 4.39 Å². The quantitative estimate of drug-likeness (QED) is 0.929. The van der Waals surface area contributed by atoms with Gasteiger partial charge in [0.15, 0.2) is 0 Å². The number of halogens is 1. The number of nitrogens with one attached hydrogen (secondary N) is 1. The number of carbonyl (C=O) groups is 2. The monoisotopic (exact) mass is 341 g/mol. The Labute approximate surface area is 145 Å². The van der Waals surface area contributed by atoms with E-state index in [0.29, 0.717) is 18.5 Å². The van der Waals surface area contributed by atoms with Gasteiger partial charge in [-0.15, -0.1) is 0 Å². The molecule has 0 unspecified atom stereocenters. The molecule has 2 aromatic rings. The molecule has 6 heteroatoms. The van der Waals surface area contributed by atoms with E-state index in [1.807, 2.05) is 6.07 Å². The molecule has 0 aliphatic carbocycles. The Bertz CT molecular complexity index is 766. The summed E-state index contributed by atoms with van der Waals surface area (Å²) < 4.78 is 14.3. The van der Waals surface area contributed by atoms with E-state index >= 15 is 0 Å². The molecule has 1 N–H and O–H groups in total. The van der Waals surface area contributed by atoms with Gasteiger partial charge in [0.25, 0.3) is 0 Å². The van der Waals surface area contributed by atoms with Crippen molar-refractivity contribution < 1.29 is 14.0 Å². The van der Waals surface area contributed by atoms with Gasteiger partial charge < -0.3 is 10.2 Å². The average Bonchev–Trinajstić information content (AvgIpc) is 2.63. The molecule has 2 heterocycles. The smallest absolute Gasteiger partial charge is 0.225 e. The van der Waals surface area contributed by atoms with Gasteiger partial charge >= 0.3 is 0 Å². The lowest BCUT2D eigenvalue weighted by Crippen LogP contribution is -2.46. The molecule has 2 amide bonds. The number of amides is 2. The number of rotatable bonds is 4. The molecule has 130 valence electrons. The van der Waals surface area contributed by atoms with Crippen molar-refractivity contribution >= 4 is 11.8 Å². The number of nitrogens with zero attached hydrogens (tertiary/aromatic N) is 2. The van der Waals surface area contributed by atoms with Crippen LogP contribution in [-0.2, 0) is 16.1 Å². The standard InChI is InChI=1S/C19H20FN3O2/c1-23-17(24)9-8-15(18(23)14-6-2-3-7-16(14)20)19(25)22-12-13-5-4-10-21-11-13/h2-7,10-11,15,18H,8-9,12H2,1H3,(H,22,25)/t15-,18-/m0/s1.